The van der Waals surface area contributed by atoms with Crippen LogP contribution in [-0.2, 0) is 11.3 Å². The van der Waals surface area contributed by atoms with Crippen LogP contribution in [0.25, 0.3) is 0 Å². The van der Waals surface area contributed by atoms with E-state index in [0.717, 1.165) is 30.8 Å². The van der Waals surface area contributed by atoms with Gasteiger partial charge >= 0.3 is 0 Å². The number of hydrogen-bond acceptors (Lipinski definition) is 3. The van der Waals surface area contributed by atoms with Gasteiger partial charge in [0.15, 0.2) is 0 Å². The summed E-state index contributed by atoms with van der Waals surface area (Å²) in [6.07, 6.45) is 2.16. The van der Waals surface area contributed by atoms with Crippen molar-refractivity contribution in [3.8, 4) is 0 Å². The largest absolute Gasteiger partial charge is 0.355 e. The van der Waals surface area contributed by atoms with E-state index >= 15 is 0 Å². The molecule has 0 aliphatic carbocycles. The van der Waals surface area contributed by atoms with Gasteiger partial charge in [0, 0.05) is 24.0 Å². The van der Waals surface area contributed by atoms with Gasteiger partial charge in [-0.25, -0.2) is 0 Å². The molecule has 1 amide bonds. The lowest BCUT2D eigenvalue weighted by Crippen LogP contribution is -2.25. The minimum Gasteiger partial charge on any atom is -0.355 e. The van der Waals surface area contributed by atoms with Crippen molar-refractivity contribution in [2.75, 3.05) is 12.3 Å². The van der Waals surface area contributed by atoms with Crippen molar-refractivity contribution >= 4 is 17.7 Å². The summed E-state index contributed by atoms with van der Waals surface area (Å²) < 4.78 is 0. The smallest absolute Gasteiger partial charge is 0.230 e. The summed E-state index contributed by atoms with van der Waals surface area (Å²) in [5.41, 5.74) is 1.27. The molecular weight excluding hydrogens is 268 g/mol. The molecule has 0 fully saturated rings. The van der Waals surface area contributed by atoms with Crippen molar-refractivity contribution < 1.29 is 4.79 Å². The highest BCUT2D eigenvalue weighted by Gasteiger charge is 2.02. The highest BCUT2D eigenvalue weighted by Crippen LogP contribution is 2.18. The maximum atomic E-state index is 11.6. The van der Waals surface area contributed by atoms with E-state index < -0.39 is 0 Å². The fourth-order valence-corrected chi connectivity index (χ4v) is 2.36. The fraction of sp³-hybridized carbons (Fsp3) is 0.562. The predicted molar refractivity (Wildman–Crippen MR) is 87.1 cm³/mol. The highest BCUT2D eigenvalue weighted by atomic mass is 32.2. The number of unbranched alkanes of at least 4 members (excludes halogenated alkanes) is 1. The second-order valence-electron chi connectivity index (χ2n) is 5.17. The van der Waals surface area contributed by atoms with Crippen LogP contribution in [0, 0.1) is 0 Å². The number of amides is 1. The van der Waals surface area contributed by atoms with E-state index in [4.69, 9.17) is 0 Å². The van der Waals surface area contributed by atoms with E-state index in [1.54, 1.807) is 11.8 Å². The van der Waals surface area contributed by atoms with E-state index in [1.165, 1.54) is 5.56 Å². The zero-order chi connectivity index (χ0) is 14.8. The van der Waals surface area contributed by atoms with Crippen LogP contribution in [0.4, 0.5) is 0 Å². The molecule has 0 heterocycles. The molecule has 0 saturated carbocycles. The third-order valence-electron chi connectivity index (χ3n) is 2.86. The van der Waals surface area contributed by atoms with Gasteiger partial charge in [0.1, 0.15) is 0 Å². The van der Waals surface area contributed by atoms with Crippen LogP contribution in [0.15, 0.2) is 29.2 Å². The first kappa shape index (κ1) is 17.1. The number of carbonyl (C=O) groups is 1. The van der Waals surface area contributed by atoms with Crippen LogP contribution >= 0.6 is 11.8 Å². The van der Waals surface area contributed by atoms with Gasteiger partial charge < -0.3 is 10.6 Å². The Labute approximate surface area is 126 Å². The molecule has 0 spiro atoms. The summed E-state index contributed by atoms with van der Waals surface area (Å²) in [4.78, 5) is 12.7. The number of hydrogen-bond donors (Lipinski definition) is 2. The number of carbonyl (C=O) groups excluding carboxylic acids is 1. The lowest BCUT2D eigenvalue weighted by Gasteiger charge is -2.08. The zero-order valence-electron chi connectivity index (χ0n) is 12.7. The molecule has 20 heavy (non-hydrogen) atoms. The molecule has 112 valence electrons. The second kappa shape index (κ2) is 9.83. The summed E-state index contributed by atoms with van der Waals surface area (Å²) in [5, 5.41) is 6.32. The lowest BCUT2D eigenvalue weighted by molar-refractivity contribution is -0.118. The Kier molecular flexibility index (Phi) is 8.38. The monoisotopic (exact) mass is 294 g/mol. The Morgan fingerprint density at radius 2 is 1.95 bits per heavy atom. The Bertz CT molecular complexity index is 390. The molecular formula is C16H26N2OS. The highest BCUT2D eigenvalue weighted by molar-refractivity contribution is 8.00. The van der Waals surface area contributed by atoms with Gasteiger partial charge in [-0.3, -0.25) is 4.79 Å². The molecule has 2 N–H and O–H groups in total. The van der Waals surface area contributed by atoms with Gasteiger partial charge in [-0.1, -0.05) is 39.3 Å². The van der Waals surface area contributed by atoms with Crippen molar-refractivity contribution in [3.63, 3.8) is 0 Å². The minimum atomic E-state index is 0.119. The van der Waals surface area contributed by atoms with Crippen molar-refractivity contribution in [3.05, 3.63) is 29.8 Å². The van der Waals surface area contributed by atoms with Crippen LogP contribution in [-0.4, -0.2) is 24.2 Å². The van der Waals surface area contributed by atoms with Gasteiger partial charge in [0.2, 0.25) is 5.91 Å². The molecule has 0 radical (unpaired) electrons. The van der Waals surface area contributed by atoms with Crippen LogP contribution in [0.2, 0.25) is 0 Å². The first-order chi connectivity index (χ1) is 9.61. The second-order valence-corrected chi connectivity index (χ2v) is 6.22. The molecule has 0 unspecified atom stereocenters. The lowest BCUT2D eigenvalue weighted by atomic mass is 10.2. The van der Waals surface area contributed by atoms with Crippen molar-refractivity contribution in [1.29, 1.82) is 0 Å². The summed E-state index contributed by atoms with van der Waals surface area (Å²) in [6.45, 7) is 8.08. The molecule has 0 aromatic heterocycles. The van der Waals surface area contributed by atoms with E-state index in [9.17, 15) is 4.79 Å². The SMILES string of the molecule is CCCCNC(=O)CSc1ccc(CNC(C)C)cc1. The Balaban J connectivity index is 2.28. The van der Waals surface area contributed by atoms with Crippen LogP contribution < -0.4 is 10.6 Å². The molecule has 1 rings (SSSR count). The normalized spacial score (nSPS) is 10.8. The molecule has 0 aliphatic heterocycles. The molecule has 4 heteroatoms. The van der Waals surface area contributed by atoms with Crippen molar-refractivity contribution in [2.24, 2.45) is 0 Å². The van der Waals surface area contributed by atoms with Gasteiger partial charge in [0.25, 0.3) is 0 Å². The Morgan fingerprint density at radius 3 is 2.55 bits per heavy atom. The zero-order valence-corrected chi connectivity index (χ0v) is 13.6. The molecule has 0 atom stereocenters. The summed E-state index contributed by atoms with van der Waals surface area (Å²) >= 11 is 1.59. The number of thioether (sulfide) groups is 1. The quantitative estimate of drug-likeness (QED) is 0.543. The number of nitrogens with one attached hydrogen (secondary N) is 2. The molecule has 1 aromatic carbocycles. The van der Waals surface area contributed by atoms with Gasteiger partial charge in [-0.05, 0) is 24.1 Å². The van der Waals surface area contributed by atoms with Gasteiger partial charge in [-0.15, -0.1) is 11.8 Å². The Morgan fingerprint density at radius 1 is 1.25 bits per heavy atom. The minimum absolute atomic E-state index is 0.119. The third-order valence-corrected chi connectivity index (χ3v) is 3.87. The maximum absolute atomic E-state index is 11.6. The standard InChI is InChI=1S/C16H26N2OS/c1-4-5-10-17-16(19)12-20-15-8-6-14(7-9-15)11-18-13(2)3/h6-9,13,18H,4-5,10-12H2,1-3H3,(H,17,19). The van der Waals surface area contributed by atoms with E-state index in [-0.39, 0.29) is 5.91 Å². The molecule has 0 aliphatic rings. The topological polar surface area (TPSA) is 41.1 Å². The van der Waals surface area contributed by atoms with Gasteiger partial charge in [-0.2, -0.15) is 0 Å². The van der Waals surface area contributed by atoms with E-state index in [1.807, 2.05) is 0 Å². The van der Waals surface area contributed by atoms with E-state index in [2.05, 4.69) is 55.7 Å². The molecule has 1 aromatic rings. The first-order valence-electron chi connectivity index (χ1n) is 7.33. The fourth-order valence-electron chi connectivity index (χ4n) is 1.63. The number of rotatable bonds is 9. The van der Waals surface area contributed by atoms with Crippen molar-refractivity contribution in [1.82, 2.24) is 10.6 Å². The molecule has 3 nitrogen and oxygen atoms in total. The van der Waals surface area contributed by atoms with Crippen LogP contribution in [0.5, 0.6) is 0 Å². The Hall–Kier alpha value is -1.00. The van der Waals surface area contributed by atoms with Crippen LogP contribution in [0.3, 0.4) is 0 Å². The summed E-state index contributed by atoms with van der Waals surface area (Å²) in [6, 6.07) is 8.90. The van der Waals surface area contributed by atoms with Crippen LogP contribution in [0.1, 0.15) is 39.2 Å². The maximum Gasteiger partial charge on any atom is 0.230 e. The van der Waals surface area contributed by atoms with Crippen molar-refractivity contribution in [2.45, 2.75) is 51.1 Å². The van der Waals surface area contributed by atoms with Gasteiger partial charge in [0.05, 0.1) is 5.75 Å². The predicted octanol–water partition coefficient (Wildman–Crippen LogP) is 3.19. The summed E-state index contributed by atoms with van der Waals surface area (Å²) in [5.74, 6) is 0.613. The molecule has 0 saturated heterocycles. The summed E-state index contributed by atoms with van der Waals surface area (Å²) in [7, 11) is 0. The van der Waals surface area contributed by atoms with E-state index in [0.29, 0.717) is 11.8 Å². The average molecular weight is 294 g/mol. The third kappa shape index (κ3) is 7.56. The molecule has 0 bridgehead atoms. The first-order valence-corrected chi connectivity index (χ1v) is 8.32. The average Bonchev–Trinajstić information content (AvgIpc) is 2.44. The number of benzene rings is 1.